The average Bonchev–Trinajstić information content (AvgIpc) is 2.32. The normalized spacial score (nSPS) is 24.2. The minimum atomic E-state index is -0.439. The molecule has 1 aliphatic heterocycles. The Bertz CT molecular complexity index is 483. The summed E-state index contributed by atoms with van der Waals surface area (Å²) in [5, 5.41) is 14.4. The summed E-state index contributed by atoms with van der Waals surface area (Å²) in [5.74, 6) is 0.665. The molecule has 0 amide bonds. The molecule has 2 heterocycles. The number of likely N-dealkylation sites (tertiary alicyclic amines) is 1. The van der Waals surface area contributed by atoms with Crippen LogP contribution in [0.5, 0.6) is 0 Å². The Hall–Kier alpha value is -1.40. The highest BCUT2D eigenvalue weighted by molar-refractivity contribution is 6.29. The average molecular weight is 285 g/mol. The lowest BCUT2D eigenvalue weighted by Crippen LogP contribution is -2.43. The number of hydrogen-bond acceptors (Lipinski definition) is 5. The smallest absolute Gasteiger partial charge is 0.311 e. The number of halogens is 1. The molecule has 19 heavy (non-hydrogen) atoms. The van der Waals surface area contributed by atoms with Gasteiger partial charge in [0.1, 0.15) is 5.15 Å². The van der Waals surface area contributed by atoms with Gasteiger partial charge in [0.2, 0.25) is 5.82 Å². The molecular weight excluding hydrogens is 268 g/mol. The molecule has 1 aromatic heterocycles. The van der Waals surface area contributed by atoms with E-state index in [0.717, 1.165) is 19.5 Å². The van der Waals surface area contributed by atoms with E-state index in [2.05, 4.69) is 29.2 Å². The van der Waals surface area contributed by atoms with Gasteiger partial charge in [-0.25, -0.2) is 4.98 Å². The van der Waals surface area contributed by atoms with Gasteiger partial charge in [0.25, 0.3) is 0 Å². The Morgan fingerprint density at radius 1 is 1.58 bits per heavy atom. The monoisotopic (exact) mass is 284 g/mol. The fourth-order valence-electron chi connectivity index (χ4n) is 2.43. The fourth-order valence-corrected chi connectivity index (χ4v) is 2.57. The summed E-state index contributed by atoms with van der Waals surface area (Å²) in [4.78, 5) is 16.8. The van der Waals surface area contributed by atoms with Crippen molar-refractivity contribution in [1.29, 1.82) is 0 Å². The zero-order valence-corrected chi connectivity index (χ0v) is 11.7. The topological polar surface area (TPSA) is 71.3 Å². The van der Waals surface area contributed by atoms with E-state index < -0.39 is 4.92 Å². The number of nitrogens with one attached hydrogen (secondary N) is 1. The number of hydrogen-bond donors (Lipinski definition) is 1. The molecule has 104 valence electrons. The molecular formula is C12H17ClN4O2. The first-order chi connectivity index (χ1) is 8.97. The molecule has 1 aliphatic rings. The van der Waals surface area contributed by atoms with Gasteiger partial charge in [-0.15, -0.1) is 0 Å². The number of pyridine rings is 1. The first kappa shape index (κ1) is 14.0. The number of piperidine rings is 1. The van der Waals surface area contributed by atoms with E-state index in [9.17, 15) is 10.1 Å². The number of rotatable bonds is 3. The standard InChI is InChI=1S/C12H17ClN4O2/c1-8-7-16(2)6-5-9(8)14-12-10(17(18)19)3-4-11(13)15-12/h3-4,8-9H,5-7H2,1-2H3,(H,14,15). The van der Waals surface area contributed by atoms with Crippen molar-refractivity contribution < 1.29 is 4.92 Å². The summed E-state index contributed by atoms with van der Waals surface area (Å²) >= 11 is 5.82. The van der Waals surface area contributed by atoms with Gasteiger partial charge in [-0.1, -0.05) is 18.5 Å². The highest BCUT2D eigenvalue weighted by Crippen LogP contribution is 2.27. The van der Waals surface area contributed by atoms with Gasteiger partial charge in [0, 0.05) is 18.7 Å². The number of aromatic nitrogens is 1. The molecule has 1 saturated heterocycles. The highest BCUT2D eigenvalue weighted by atomic mass is 35.5. The van der Waals surface area contributed by atoms with Crippen molar-refractivity contribution in [2.45, 2.75) is 19.4 Å². The van der Waals surface area contributed by atoms with E-state index in [-0.39, 0.29) is 22.7 Å². The van der Waals surface area contributed by atoms with Crippen LogP contribution in [-0.4, -0.2) is 41.0 Å². The van der Waals surface area contributed by atoms with Crippen LogP contribution < -0.4 is 5.32 Å². The van der Waals surface area contributed by atoms with Crippen LogP contribution in [0.25, 0.3) is 0 Å². The van der Waals surface area contributed by atoms with Crippen molar-refractivity contribution in [2.75, 3.05) is 25.5 Å². The summed E-state index contributed by atoms with van der Waals surface area (Å²) in [6.45, 7) is 4.06. The second-order valence-corrected chi connectivity index (χ2v) is 5.43. The maximum absolute atomic E-state index is 11.0. The summed E-state index contributed by atoms with van der Waals surface area (Å²) in [6, 6.07) is 3.00. The van der Waals surface area contributed by atoms with Gasteiger partial charge in [-0.05, 0) is 32.0 Å². The molecule has 7 heteroatoms. The summed E-state index contributed by atoms with van der Waals surface area (Å²) in [7, 11) is 2.08. The quantitative estimate of drug-likeness (QED) is 0.524. The molecule has 6 nitrogen and oxygen atoms in total. The van der Waals surface area contributed by atoms with Crippen molar-refractivity contribution in [3.8, 4) is 0 Å². The minimum Gasteiger partial charge on any atom is -0.361 e. The summed E-state index contributed by atoms with van der Waals surface area (Å²) in [5.41, 5.74) is -0.0319. The second kappa shape index (κ2) is 5.71. The van der Waals surface area contributed by atoms with Crippen LogP contribution in [0.1, 0.15) is 13.3 Å². The molecule has 1 N–H and O–H groups in total. The van der Waals surface area contributed by atoms with E-state index in [0.29, 0.717) is 5.92 Å². The Morgan fingerprint density at radius 2 is 2.32 bits per heavy atom. The molecule has 1 fully saturated rings. The molecule has 0 radical (unpaired) electrons. The molecule has 2 rings (SSSR count). The van der Waals surface area contributed by atoms with E-state index >= 15 is 0 Å². The molecule has 1 aromatic rings. The predicted octanol–water partition coefficient (Wildman–Crippen LogP) is 2.40. The highest BCUT2D eigenvalue weighted by Gasteiger charge is 2.27. The molecule has 0 spiro atoms. The Labute approximate surface area is 116 Å². The van der Waals surface area contributed by atoms with Gasteiger partial charge < -0.3 is 10.2 Å². The summed E-state index contributed by atoms with van der Waals surface area (Å²) < 4.78 is 0. The Kier molecular flexibility index (Phi) is 4.21. The molecule has 0 saturated carbocycles. The largest absolute Gasteiger partial charge is 0.361 e. The third kappa shape index (κ3) is 3.33. The van der Waals surface area contributed by atoms with Crippen molar-refractivity contribution in [1.82, 2.24) is 9.88 Å². The molecule has 0 bridgehead atoms. The van der Waals surface area contributed by atoms with E-state index in [4.69, 9.17) is 11.6 Å². The van der Waals surface area contributed by atoms with E-state index in [1.165, 1.54) is 12.1 Å². The van der Waals surface area contributed by atoms with Crippen molar-refractivity contribution in [2.24, 2.45) is 5.92 Å². The zero-order chi connectivity index (χ0) is 14.0. The van der Waals surface area contributed by atoms with E-state index in [1.807, 2.05) is 0 Å². The Balaban J connectivity index is 2.18. The van der Waals surface area contributed by atoms with Crippen LogP contribution >= 0.6 is 11.6 Å². The molecule has 0 aromatic carbocycles. The third-order valence-corrected chi connectivity index (χ3v) is 3.68. The van der Waals surface area contributed by atoms with Crippen LogP contribution in [0.3, 0.4) is 0 Å². The lowest BCUT2D eigenvalue weighted by molar-refractivity contribution is -0.384. The first-order valence-electron chi connectivity index (χ1n) is 6.23. The minimum absolute atomic E-state index is 0.0319. The van der Waals surface area contributed by atoms with E-state index in [1.54, 1.807) is 0 Å². The number of nitro groups is 1. The lowest BCUT2D eigenvalue weighted by atomic mass is 9.94. The fraction of sp³-hybridized carbons (Fsp3) is 0.583. The van der Waals surface area contributed by atoms with Crippen LogP contribution in [0.2, 0.25) is 5.15 Å². The maximum Gasteiger partial charge on any atom is 0.311 e. The first-order valence-corrected chi connectivity index (χ1v) is 6.61. The number of nitrogens with zero attached hydrogens (tertiary/aromatic N) is 3. The second-order valence-electron chi connectivity index (χ2n) is 5.04. The van der Waals surface area contributed by atoms with Crippen molar-refractivity contribution in [3.63, 3.8) is 0 Å². The Morgan fingerprint density at radius 3 is 2.95 bits per heavy atom. The molecule has 0 aliphatic carbocycles. The molecule has 2 atom stereocenters. The zero-order valence-electron chi connectivity index (χ0n) is 11.0. The van der Waals surface area contributed by atoms with Gasteiger partial charge >= 0.3 is 5.69 Å². The van der Waals surface area contributed by atoms with Gasteiger partial charge in [-0.2, -0.15) is 0 Å². The predicted molar refractivity (Wildman–Crippen MR) is 74.6 cm³/mol. The molecule has 2 unspecified atom stereocenters. The van der Waals surface area contributed by atoms with Gasteiger partial charge in [0.05, 0.1) is 4.92 Å². The maximum atomic E-state index is 11.0. The van der Waals surface area contributed by atoms with Crippen molar-refractivity contribution >= 4 is 23.1 Å². The van der Waals surface area contributed by atoms with Crippen LogP contribution in [0, 0.1) is 16.0 Å². The van der Waals surface area contributed by atoms with Gasteiger partial charge in [0.15, 0.2) is 0 Å². The third-order valence-electron chi connectivity index (χ3n) is 3.47. The van der Waals surface area contributed by atoms with Crippen LogP contribution in [0.15, 0.2) is 12.1 Å². The number of anilines is 1. The van der Waals surface area contributed by atoms with Gasteiger partial charge in [-0.3, -0.25) is 10.1 Å². The van der Waals surface area contributed by atoms with Crippen LogP contribution in [0.4, 0.5) is 11.5 Å². The van der Waals surface area contributed by atoms with Crippen LogP contribution in [-0.2, 0) is 0 Å². The SMILES string of the molecule is CC1CN(C)CCC1Nc1nc(Cl)ccc1[N+](=O)[O-]. The summed E-state index contributed by atoms with van der Waals surface area (Å²) in [6.07, 6.45) is 0.934. The van der Waals surface area contributed by atoms with Crippen molar-refractivity contribution in [3.05, 3.63) is 27.4 Å². The lowest BCUT2D eigenvalue weighted by Gasteiger charge is -2.35.